The number of nitro benzene ring substituents is 1. The summed E-state index contributed by atoms with van der Waals surface area (Å²) in [5.41, 5.74) is 0.329. The quantitative estimate of drug-likeness (QED) is 0.577. The third kappa shape index (κ3) is 4.18. The summed E-state index contributed by atoms with van der Waals surface area (Å²) in [7, 11) is 0. The molecule has 0 aliphatic carbocycles. The zero-order chi connectivity index (χ0) is 20.4. The van der Waals surface area contributed by atoms with Crippen LogP contribution >= 0.6 is 23.2 Å². The normalized spacial score (nSPS) is 15.6. The van der Waals surface area contributed by atoms with Gasteiger partial charge in [0.2, 0.25) is 5.91 Å². The molecular weight excluding hydrogens is 409 g/mol. The topological polar surface area (TPSA) is 102 Å². The van der Waals surface area contributed by atoms with E-state index in [0.717, 1.165) is 0 Å². The van der Waals surface area contributed by atoms with Crippen LogP contribution in [0.2, 0.25) is 10.0 Å². The van der Waals surface area contributed by atoms with Gasteiger partial charge in [0.1, 0.15) is 12.3 Å². The molecule has 0 spiro atoms. The lowest BCUT2D eigenvalue weighted by Crippen LogP contribution is -2.48. The minimum Gasteiger partial charge on any atom is -0.478 e. The highest BCUT2D eigenvalue weighted by Gasteiger charge is 2.35. The molecule has 1 atom stereocenters. The largest absolute Gasteiger partial charge is 0.478 e. The Morgan fingerprint density at radius 1 is 1.25 bits per heavy atom. The molecule has 0 fully saturated rings. The van der Waals surface area contributed by atoms with Crippen molar-refractivity contribution in [2.75, 3.05) is 16.8 Å². The number of nitrogens with one attached hydrogen (secondary N) is 1. The summed E-state index contributed by atoms with van der Waals surface area (Å²) in [5, 5.41) is 14.4. The number of carbonyl (C=O) groups excluding carboxylic acids is 2. The van der Waals surface area contributed by atoms with Crippen molar-refractivity contribution in [1.82, 2.24) is 0 Å². The molecule has 1 aliphatic rings. The summed E-state index contributed by atoms with van der Waals surface area (Å²) in [6.07, 6.45) is -0.389. The second-order valence-electron chi connectivity index (χ2n) is 6.05. The van der Waals surface area contributed by atoms with Gasteiger partial charge in [0.05, 0.1) is 10.6 Å². The summed E-state index contributed by atoms with van der Waals surface area (Å²) in [6, 6.07) is 8.46. The Kier molecular flexibility index (Phi) is 5.71. The fourth-order valence-corrected chi connectivity index (χ4v) is 3.34. The predicted molar refractivity (Wildman–Crippen MR) is 105 cm³/mol. The second-order valence-corrected chi connectivity index (χ2v) is 6.93. The molecule has 0 bridgehead atoms. The van der Waals surface area contributed by atoms with Gasteiger partial charge in [-0.2, -0.15) is 0 Å². The number of non-ortho nitro benzene ring substituents is 1. The standard InChI is InChI=1S/C18H15Cl2N3O5/c1-2-15-18(25)22(14-8-13(23(26)27)3-4-16(14)28-15)9-17(24)21-12-6-10(19)5-11(20)7-12/h3-8,15H,2,9H2,1H3,(H,21,24). The number of benzene rings is 2. The number of nitro groups is 1. The SMILES string of the molecule is CCC1Oc2ccc([N+](=O)[O-])cc2N(CC(=O)Nc2cc(Cl)cc(Cl)c2)C1=O. The molecule has 28 heavy (non-hydrogen) atoms. The lowest BCUT2D eigenvalue weighted by Gasteiger charge is -2.33. The molecule has 2 aromatic carbocycles. The van der Waals surface area contributed by atoms with Crippen molar-refractivity contribution >= 4 is 52.1 Å². The van der Waals surface area contributed by atoms with Gasteiger partial charge in [-0.05, 0) is 30.7 Å². The van der Waals surface area contributed by atoms with Gasteiger partial charge in [0.25, 0.3) is 11.6 Å². The molecule has 146 valence electrons. The fraction of sp³-hybridized carbons (Fsp3) is 0.222. The smallest absolute Gasteiger partial charge is 0.271 e. The Labute approximate surface area is 170 Å². The predicted octanol–water partition coefficient (Wildman–Crippen LogP) is 4.04. The van der Waals surface area contributed by atoms with E-state index in [0.29, 0.717) is 27.9 Å². The van der Waals surface area contributed by atoms with Gasteiger partial charge in [-0.3, -0.25) is 24.6 Å². The Hall–Kier alpha value is -2.84. The first-order valence-corrected chi connectivity index (χ1v) is 9.06. The molecule has 0 aromatic heterocycles. The third-order valence-corrected chi connectivity index (χ3v) is 4.51. The maximum absolute atomic E-state index is 12.7. The average molecular weight is 424 g/mol. The van der Waals surface area contributed by atoms with Crippen LogP contribution in [0.5, 0.6) is 5.75 Å². The van der Waals surface area contributed by atoms with Crippen LogP contribution in [0, 0.1) is 10.1 Å². The number of carbonyl (C=O) groups is 2. The van der Waals surface area contributed by atoms with Crippen molar-refractivity contribution in [3.05, 3.63) is 56.6 Å². The molecule has 1 N–H and O–H groups in total. The molecule has 0 saturated carbocycles. The first kappa shape index (κ1) is 19.9. The lowest BCUT2D eigenvalue weighted by molar-refractivity contribution is -0.384. The first-order valence-electron chi connectivity index (χ1n) is 8.31. The number of fused-ring (bicyclic) bond motifs is 1. The second kappa shape index (κ2) is 8.04. The summed E-state index contributed by atoms with van der Waals surface area (Å²) in [4.78, 5) is 36.9. The van der Waals surface area contributed by atoms with Crippen LogP contribution in [0.1, 0.15) is 13.3 Å². The monoisotopic (exact) mass is 423 g/mol. The van der Waals surface area contributed by atoms with E-state index >= 15 is 0 Å². The van der Waals surface area contributed by atoms with Gasteiger partial charge in [0.15, 0.2) is 6.10 Å². The Morgan fingerprint density at radius 2 is 1.93 bits per heavy atom. The van der Waals surface area contributed by atoms with E-state index in [-0.39, 0.29) is 17.9 Å². The molecule has 8 nitrogen and oxygen atoms in total. The molecule has 1 aliphatic heterocycles. The number of rotatable bonds is 5. The van der Waals surface area contributed by atoms with Crippen LogP contribution in [-0.4, -0.2) is 29.4 Å². The van der Waals surface area contributed by atoms with E-state index in [1.807, 2.05) is 0 Å². The number of anilines is 2. The van der Waals surface area contributed by atoms with Crippen molar-refractivity contribution in [3.8, 4) is 5.75 Å². The van der Waals surface area contributed by atoms with Crippen molar-refractivity contribution in [2.24, 2.45) is 0 Å². The van der Waals surface area contributed by atoms with Gasteiger partial charge in [-0.1, -0.05) is 30.1 Å². The molecule has 10 heteroatoms. The zero-order valence-corrected chi connectivity index (χ0v) is 16.2. The summed E-state index contributed by atoms with van der Waals surface area (Å²) >= 11 is 11.8. The van der Waals surface area contributed by atoms with E-state index in [2.05, 4.69) is 5.32 Å². The molecule has 0 saturated heterocycles. The van der Waals surface area contributed by atoms with E-state index in [1.165, 1.54) is 41.3 Å². The molecule has 1 unspecified atom stereocenters. The molecule has 2 aromatic rings. The molecule has 0 radical (unpaired) electrons. The summed E-state index contributed by atoms with van der Waals surface area (Å²) in [6.45, 7) is 1.42. The summed E-state index contributed by atoms with van der Waals surface area (Å²) < 4.78 is 5.61. The third-order valence-electron chi connectivity index (χ3n) is 4.07. The van der Waals surface area contributed by atoms with E-state index < -0.39 is 22.8 Å². The van der Waals surface area contributed by atoms with Gasteiger partial charge in [-0.15, -0.1) is 0 Å². The molecular formula is C18H15Cl2N3O5. The van der Waals surface area contributed by atoms with Crippen LogP contribution in [0.25, 0.3) is 0 Å². The average Bonchev–Trinajstić information content (AvgIpc) is 2.62. The van der Waals surface area contributed by atoms with Crippen molar-refractivity contribution in [3.63, 3.8) is 0 Å². The Morgan fingerprint density at radius 3 is 2.54 bits per heavy atom. The van der Waals surface area contributed by atoms with Crippen LogP contribution in [-0.2, 0) is 9.59 Å². The van der Waals surface area contributed by atoms with Crippen LogP contribution in [0.3, 0.4) is 0 Å². The number of amides is 2. The molecule has 1 heterocycles. The van der Waals surface area contributed by atoms with Crippen molar-refractivity contribution in [2.45, 2.75) is 19.4 Å². The highest BCUT2D eigenvalue weighted by atomic mass is 35.5. The minimum absolute atomic E-state index is 0.170. The highest BCUT2D eigenvalue weighted by molar-refractivity contribution is 6.35. The number of hydrogen-bond donors (Lipinski definition) is 1. The van der Waals surface area contributed by atoms with Gasteiger partial charge < -0.3 is 10.1 Å². The van der Waals surface area contributed by atoms with Gasteiger partial charge in [-0.25, -0.2) is 0 Å². The maximum Gasteiger partial charge on any atom is 0.271 e. The van der Waals surface area contributed by atoms with Gasteiger partial charge in [0, 0.05) is 27.9 Å². The van der Waals surface area contributed by atoms with E-state index in [9.17, 15) is 19.7 Å². The van der Waals surface area contributed by atoms with E-state index in [4.69, 9.17) is 27.9 Å². The van der Waals surface area contributed by atoms with E-state index in [1.54, 1.807) is 6.92 Å². The minimum atomic E-state index is -0.776. The van der Waals surface area contributed by atoms with Gasteiger partial charge >= 0.3 is 0 Å². The number of hydrogen-bond acceptors (Lipinski definition) is 5. The number of nitrogens with zero attached hydrogens (tertiary/aromatic N) is 2. The van der Waals surface area contributed by atoms with Crippen LogP contribution in [0.4, 0.5) is 17.1 Å². The van der Waals surface area contributed by atoms with Crippen LogP contribution < -0.4 is 15.0 Å². The lowest BCUT2D eigenvalue weighted by atomic mass is 10.1. The highest BCUT2D eigenvalue weighted by Crippen LogP contribution is 2.37. The Bertz CT molecular complexity index is 946. The van der Waals surface area contributed by atoms with Crippen molar-refractivity contribution in [1.29, 1.82) is 0 Å². The van der Waals surface area contributed by atoms with Crippen molar-refractivity contribution < 1.29 is 19.2 Å². The Balaban J connectivity index is 1.88. The fourth-order valence-electron chi connectivity index (χ4n) is 2.82. The number of halogens is 2. The maximum atomic E-state index is 12.7. The zero-order valence-electron chi connectivity index (χ0n) is 14.6. The van der Waals surface area contributed by atoms with Crippen LogP contribution in [0.15, 0.2) is 36.4 Å². The number of ether oxygens (including phenoxy) is 1. The summed E-state index contributed by atoms with van der Waals surface area (Å²) in [5.74, 6) is -0.661. The first-order chi connectivity index (χ1) is 13.3. The molecule has 2 amide bonds. The molecule has 3 rings (SSSR count).